The number of aromatic hydroxyl groups is 1. The zero-order chi connectivity index (χ0) is 22.8. The van der Waals surface area contributed by atoms with Crippen molar-refractivity contribution in [3.05, 3.63) is 92.2 Å². The number of nitrogens with zero attached hydrogens (tertiary/aromatic N) is 2. The minimum atomic E-state index is -0.250. The molecule has 8 heteroatoms. The third kappa shape index (κ3) is 4.56. The number of aromatic amines is 1. The number of rotatable bonds is 8. The number of aromatic nitrogens is 3. The van der Waals surface area contributed by atoms with Gasteiger partial charge in [0.25, 0.3) is 0 Å². The second-order valence-electron chi connectivity index (χ2n) is 7.84. The summed E-state index contributed by atoms with van der Waals surface area (Å²) in [4.78, 5) is 18.7. The van der Waals surface area contributed by atoms with Crippen LogP contribution in [-0.2, 0) is 12.8 Å². The largest absolute Gasteiger partial charge is 0.494 e. The van der Waals surface area contributed by atoms with E-state index in [0.29, 0.717) is 23.9 Å². The Morgan fingerprint density at radius 3 is 2.73 bits per heavy atom. The smallest absolute Gasteiger partial charge is 0.307 e. The van der Waals surface area contributed by atoms with E-state index >= 15 is 0 Å². The molecule has 2 aromatic carbocycles. The van der Waals surface area contributed by atoms with Gasteiger partial charge < -0.3 is 14.3 Å². The Labute approximate surface area is 193 Å². The first kappa shape index (κ1) is 21.1. The van der Waals surface area contributed by atoms with Crippen molar-refractivity contribution in [1.82, 2.24) is 14.5 Å². The van der Waals surface area contributed by atoms with E-state index in [1.54, 1.807) is 0 Å². The van der Waals surface area contributed by atoms with Gasteiger partial charge in [0.15, 0.2) is 5.58 Å². The van der Waals surface area contributed by atoms with Crippen LogP contribution in [0.25, 0.3) is 17.1 Å². The van der Waals surface area contributed by atoms with E-state index in [1.165, 1.54) is 5.56 Å². The number of H-pyrrole nitrogens is 1. The number of aryl methyl sites for hydroxylation is 1. The number of para-hydroxylation sites is 2. The minimum absolute atomic E-state index is 0.0526. The summed E-state index contributed by atoms with van der Waals surface area (Å²) in [6.07, 6.45) is 4.18. The van der Waals surface area contributed by atoms with Crippen LogP contribution in [0.5, 0.6) is 11.6 Å². The average Bonchev–Trinajstić information content (AvgIpc) is 3.49. The first-order valence-corrected chi connectivity index (χ1v) is 11.5. The van der Waals surface area contributed by atoms with Gasteiger partial charge in [-0.3, -0.25) is 14.3 Å². The number of thiazole rings is 1. The SMILES string of the molecule is Cc1ccn(-c2nc3ccccc3o2)c1CCCOc1ccc(Cc2sc(=O)[nH]c2O)cc1. The molecule has 0 atom stereocenters. The van der Waals surface area contributed by atoms with Gasteiger partial charge in [0, 0.05) is 18.3 Å². The molecule has 7 nitrogen and oxygen atoms in total. The van der Waals surface area contributed by atoms with E-state index < -0.39 is 0 Å². The van der Waals surface area contributed by atoms with Crippen LogP contribution < -0.4 is 9.61 Å². The molecule has 5 rings (SSSR count). The molecule has 0 bridgehead atoms. The summed E-state index contributed by atoms with van der Waals surface area (Å²) in [5.74, 6) is 0.736. The van der Waals surface area contributed by atoms with Crippen molar-refractivity contribution in [2.75, 3.05) is 6.61 Å². The van der Waals surface area contributed by atoms with Gasteiger partial charge in [-0.15, -0.1) is 0 Å². The lowest BCUT2D eigenvalue weighted by Crippen LogP contribution is -2.05. The Kier molecular flexibility index (Phi) is 5.75. The fraction of sp³-hybridized carbons (Fsp3) is 0.200. The molecule has 3 aromatic heterocycles. The Balaban J connectivity index is 1.18. The summed E-state index contributed by atoms with van der Waals surface area (Å²) in [6.45, 7) is 2.67. The first-order chi connectivity index (χ1) is 16.1. The number of oxazole rings is 1. The van der Waals surface area contributed by atoms with Crippen molar-refractivity contribution in [2.45, 2.75) is 26.2 Å². The van der Waals surface area contributed by atoms with Crippen molar-refractivity contribution in [3.8, 4) is 17.6 Å². The van der Waals surface area contributed by atoms with Crippen LogP contribution in [0.2, 0.25) is 0 Å². The third-order valence-corrected chi connectivity index (χ3v) is 6.39. The topological polar surface area (TPSA) is 93.3 Å². The highest BCUT2D eigenvalue weighted by Gasteiger charge is 2.13. The molecule has 0 spiro atoms. The quantitative estimate of drug-likeness (QED) is 0.318. The molecule has 0 radical (unpaired) electrons. The number of hydrogen-bond donors (Lipinski definition) is 2. The summed E-state index contributed by atoms with van der Waals surface area (Å²) in [5, 5.41) is 9.74. The lowest BCUT2D eigenvalue weighted by atomic mass is 10.1. The molecule has 0 aliphatic rings. The monoisotopic (exact) mass is 461 g/mol. The number of nitrogens with one attached hydrogen (secondary N) is 1. The molecule has 0 aliphatic heterocycles. The van der Waals surface area contributed by atoms with Gasteiger partial charge >= 0.3 is 10.9 Å². The Morgan fingerprint density at radius 1 is 1.15 bits per heavy atom. The van der Waals surface area contributed by atoms with Crippen molar-refractivity contribution < 1.29 is 14.3 Å². The maximum Gasteiger partial charge on any atom is 0.307 e. The van der Waals surface area contributed by atoms with Crippen molar-refractivity contribution in [1.29, 1.82) is 0 Å². The van der Waals surface area contributed by atoms with Crippen LogP contribution in [0, 0.1) is 6.92 Å². The van der Waals surface area contributed by atoms with E-state index in [4.69, 9.17) is 9.15 Å². The highest BCUT2D eigenvalue weighted by Crippen LogP contribution is 2.24. The number of fused-ring (bicyclic) bond motifs is 1. The molecule has 3 heterocycles. The lowest BCUT2D eigenvalue weighted by molar-refractivity contribution is 0.310. The average molecular weight is 462 g/mol. The molecule has 2 N–H and O–H groups in total. The summed E-state index contributed by atoms with van der Waals surface area (Å²) in [5.41, 5.74) is 4.97. The normalized spacial score (nSPS) is 11.3. The molecular formula is C25H23N3O4S. The Hall–Kier alpha value is -3.78. The predicted octanol–water partition coefficient (Wildman–Crippen LogP) is 4.98. The van der Waals surface area contributed by atoms with Gasteiger partial charge in [0.1, 0.15) is 11.3 Å². The number of ether oxygens (including phenoxy) is 1. The fourth-order valence-electron chi connectivity index (χ4n) is 3.81. The van der Waals surface area contributed by atoms with E-state index in [0.717, 1.165) is 52.3 Å². The molecule has 33 heavy (non-hydrogen) atoms. The summed E-state index contributed by atoms with van der Waals surface area (Å²) >= 11 is 1.03. The first-order valence-electron chi connectivity index (χ1n) is 10.7. The van der Waals surface area contributed by atoms with Gasteiger partial charge in [-0.1, -0.05) is 35.6 Å². The molecular weight excluding hydrogens is 438 g/mol. The van der Waals surface area contributed by atoms with Crippen molar-refractivity contribution in [2.24, 2.45) is 0 Å². The Bertz CT molecular complexity index is 1410. The van der Waals surface area contributed by atoms with E-state index in [1.807, 2.05) is 59.3 Å². The van der Waals surface area contributed by atoms with Crippen LogP contribution in [0.1, 0.15) is 28.1 Å². The zero-order valence-corrected chi connectivity index (χ0v) is 18.9. The summed E-state index contributed by atoms with van der Waals surface area (Å²) in [6, 6.07) is 18.1. The van der Waals surface area contributed by atoms with Crippen molar-refractivity contribution in [3.63, 3.8) is 0 Å². The number of benzene rings is 2. The molecule has 0 fully saturated rings. The Morgan fingerprint density at radius 2 is 1.97 bits per heavy atom. The van der Waals surface area contributed by atoms with Crippen molar-refractivity contribution >= 4 is 22.4 Å². The second-order valence-corrected chi connectivity index (χ2v) is 8.91. The summed E-state index contributed by atoms with van der Waals surface area (Å²) < 4.78 is 13.9. The van der Waals surface area contributed by atoms with Crippen LogP contribution in [0.15, 0.2) is 70.0 Å². The maximum atomic E-state index is 11.3. The zero-order valence-electron chi connectivity index (χ0n) is 18.1. The molecule has 0 aliphatic carbocycles. The maximum absolute atomic E-state index is 11.3. The van der Waals surface area contributed by atoms with Gasteiger partial charge in [-0.25, -0.2) is 0 Å². The van der Waals surface area contributed by atoms with E-state index in [9.17, 15) is 9.90 Å². The predicted molar refractivity (Wildman–Crippen MR) is 128 cm³/mol. The molecule has 0 saturated carbocycles. The van der Waals surface area contributed by atoms with Crippen LogP contribution in [0.4, 0.5) is 0 Å². The second kappa shape index (κ2) is 8.99. The van der Waals surface area contributed by atoms with Gasteiger partial charge in [0.2, 0.25) is 5.88 Å². The van der Waals surface area contributed by atoms with Gasteiger partial charge in [-0.05, 0) is 61.2 Å². The molecule has 168 valence electrons. The van der Waals surface area contributed by atoms with Crippen LogP contribution >= 0.6 is 11.3 Å². The van der Waals surface area contributed by atoms with Gasteiger partial charge in [0.05, 0.1) is 11.5 Å². The van der Waals surface area contributed by atoms with Crippen LogP contribution in [0.3, 0.4) is 0 Å². The third-order valence-electron chi connectivity index (χ3n) is 5.52. The molecule has 0 saturated heterocycles. The van der Waals surface area contributed by atoms with E-state index in [2.05, 4.69) is 23.0 Å². The molecule has 5 aromatic rings. The molecule has 0 amide bonds. The number of hydrogen-bond acceptors (Lipinski definition) is 6. The van der Waals surface area contributed by atoms with Crippen LogP contribution in [-0.4, -0.2) is 26.2 Å². The fourth-order valence-corrected chi connectivity index (χ4v) is 4.57. The standard InChI is InChI=1S/C25H23N3O4S/c1-16-12-13-28(24-26-19-5-2-3-7-21(19)32-24)20(16)6-4-14-31-18-10-8-17(9-11-18)15-22-23(29)27-25(30)33-22/h2-3,5,7-13,29H,4,6,14-15H2,1H3,(H,27,30). The van der Waals surface area contributed by atoms with E-state index in [-0.39, 0.29) is 10.8 Å². The summed E-state index contributed by atoms with van der Waals surface area (Å²) in [7, 11) is 0. The lowest BCUT2D eigenvalue weighted by Gasteiger charge is -2.09. The molecule has 0 unspecified atom stereocenters. The minimum Gasteiger partial charge on any atom is -0.494 e. The highest BCUT2D eigenvalue weighted by atomic mass is 32.1. The van der Waals surface area contributed by atoms with Gasteiger partial charge in [-0.2, -0.15) is 4.98 Å². The highest BCUT2D eigenvalue weighted by molar-refractivity contribution is 7.09.